The van der Waals surface area contributed by atoms with Crippen LogP contribution in [0.5, 0.6) is 0 Å². The van der Waals surface area contributed by atoms with E-state index in [1.807, 2.05) is 31.2 Å². The Morgan fingerprint density at radius 1 is 1.07 bits per heavy atom. The largest absolute Gasteiger partial charge is 0.398 e. The summed E-state index contributed by atoms with van der Waals surface area (Å²) in [4.78, 5) is 4.12. The Morgan fingerprint density at radius 2 is 1.79 bits per heavy atom. The molecule has 0 atom stereocenters. The number of aromatic nitrogens is 1. The third kappa shape index (κ3) is 5.01. The third-order valence-electron chi connectivity index (χ3n) is 4.19. The van der Waals surface area contributed by atoms with Gasteiger partial charge < -0.3 is 5.73 Å². The van der Waals surface area contributed by atoms with E-state index in [0.717, 1.165) is 22.2 Å². The van der Waals surface area contributed by atoms with Crippen LogP contribution in [-0.4, -0.2) is 13.4 Å². The van der Waals surface area contributed by atoms with E-state index in [1.165, 1.54) is 16.7 Å². The van der Waals surface area contributed by atoms with Crippen molar-refractivity contribution in [2.75, 3.05) is 10.5 Å². The Labute approximate surface area is 174 Å². The quantitative estimate of drug-likeness (QED) is 0.435. The summed E-state index contributed by atoms with van der Waals surface area (Å²) >= 11 is 1.25. The number of fused-ring (bicyclic) bond motifs is 1. The smallest absolute Gasteiger partial charge is 0.263 e. The number of hydrogen-bond acceptors (Lipinski definition) is 5. The number of nitrogens with one attached hydrogen (secondary N) is 1. The zero-order chi connectivity index (χ0) is 20.9. The Hall–Kier alpha value is -3.16. The van der Waals surface area contributed by atoms with Crippen LogP contribution in [0, 0.1) is 6.92 Å². The van der Waals surface area contributed by atoms with E-state index in [4.69, 9.17) is 5.73 Å². The minimum Gasteiger partial charge on any atom is -0.398 e. The van der Waals surface area contributed by atoms with Gasteiger partial charge in [0.2, 0.25) is 0 Å². The Bertz CT molecular complexity index is 1220. The maximum Gasteiger partial charge on any atom is 0.263 e. The van der Waals surface area contributed by atoms with Crippen molar-refractivity contribution in [2.24, 2.45) is 0 Å². The topological polar surface area (TPSA) is 85.1 Å². The summed E-state index contributed by atoms with van der Waals surface area (Å²) in [6, 6.07) is 18.8. The summed E-state index contributed by atoms with van der Waals surface area (Å²) < 4.78 is 26.1. The zero-order valence-electron chi connectivity index (χ0n) is 15.9. The number of thiazole rings is 1. The van der Waals surface area contributed by atoms with Gasteiger partial charge in [0.15, 0.2) is 5.13 Å². The lowest BCUT2D eigenvalue weighted by atomic mass is 10.0. The highest BCUT2D eigenvalue weighted by molar-refractivity contribution is 7.93. The highest BCUT2D eigenvalue weighted by Gasteiger charge is 2.14. The molecule has 3 aromatic carbocycles. The summed E-state index contributed by atoms with van der Waals surface area (Å²) in [5, 5.41) is 4.46. The van der Waals surface area contributed by atoms with Crippen molar-refractivity contribution in [3.05, 3.63) is 89.9 Å². The minimum absolute atomic E-state index is 0.244. The second-order valence-electron chi connectivity index (χ2n) is 6.25. The predicted octanol–water partition coefficient (Wildman–Crippen LogP) is 5.32. The zero-order valence-corrected chi connectivity index (χ0v) is 17.5. The molecule has 0 fully saturated rings. The number of hydrogen-bond donors (Lipinski definition) is 2. The molecule has 0 saturated carbocycles. The molecule has 0 amide bonds. The molecule has 0 unspecified atom stereocenters. The van der Waals surface area contributed by atoms with E-state index in [-0.39, 0.29) is 4.90 Å². The van der Waals surface area contributed by atoms with E-state index in [1.54, 1.807) is 41.9 Å². The highest BCUT2D eigenvalue weighted by Crippen LogP contribution is 2.24. The van der Waals surface area contributed by atoms with Gasteiger partial charge in [-0.05, 0) is 35.9 Å². The SMILES string of the molecule is C=Cc1c(N)ccc2ccccc12.Cc1ccc(S(=O)(=O)Nc2nccs2)cc1. The number of sulfonamides is 1. The van der Waals surface area contributed by atoms with Crippen molar-refractivity contribution < 1.29 is 8.42 Å². The first-order valence-electron chi connectivity index (χ1n) is 8.79. The number of benzene rings is 3. The maximum atomic E-state index is 11.9. The fraction of sp³-hybridized carbons (Fsp3) is 0.0455. The van der Waals surface area contributed by atoms with Crippen LogP contribution in [0.3, 0.4) is 0 Å². The standard InChI is InChI=1S/C12H11N.C10H10N2O2S2/c1-2-10-11-6-4-3-5-9(11)7-8-12(10)13;1-8-2-4-9(5-3-8)16(13,14)12-10-11-6-7-15-10/h2-8H,1,13H2;2-7H,1H3,(H,11,12). The summed E-state index contributed by atoms with van der Waals surface area (Å²) in [5.74, 6) is 0. The van der Waals surface area contributed by atoms with Crippen LogP contribution >= 0.6 is 11.3 Å². The molecule has 29 heavy (non-hydrogen) atoms. The van der Waals surface area contributed by atoms with E-state index >= 15 is 0 Å². The van der Waals surface area contributed by atoms with Gasteiger partial charge in [-0.2, -0.15) is 0 Å². The lowest BCUT2D eigenvalue weighted by Gasteiger charge is -2.04. The molecule has 0 radical (unpaired) electrons. The van der Waals surface area contributed by atoms with Crippen LogP contribution in [0.25, 0.3) is 16.8 Å². The van der Waals surface area contributed by atoms with Gasteiger partial charge in [0.1, 0.15) is 0 Å². The van der Waals surface area contributed by atoms with E-state index < -0.39 is 10.0 Å². The molecule has 0 spiro atoms. The van der Waals surface area contributed by atoms with Crippen LogP contribution in [0.15, 0.2) is 83.7 Å². The van der Waals surface area contributed by atoms with Crippen molar-refractivity contribution in [1.82, 2.24) is 4.98 Å². The van der Waals surface area contributed by atoms with Crippen molar-refractivity contribution in [3.63, 3.8) is 0 Å². The number of nitrogens with zero attached hydrogens (tertiary/aromatic N) is 1. The van der Waals surface area contributed by atoms with Crippen LogP contribution in [-0.2, 0) is 10.0 Å². The van der Waals surface area contributed by atoms with Crippen LogP contribution in [0.2, 0.25) is 0 Å². The summed E-state index contributed by atoms with van der Waals surface area (Å²) in [6.45, 7) is 5.67. The normalized spacial score (nSPS) is 10.8. The van der Waals surface area contributed by atoms with E-state index in [0.29, 0.717) is 5.13 Å². The first-order valence-corrected chi connectivity index (χ1v) is 11.2. The summed E-state index contributed by atoms with van der Waals surface area (Å²) in [7, 11) is -3.50. The lowest BCUT2D eigenvalue weighted by Crippen LogP contribution is -2.12. The van der Waals surface area contributed by atoms with Gasteiger partial charge in [-0.3, -0.25) is 4.72 Å². The van der Waals surface area contributed by atoms with Gasteiger partial charge in [0.05, 0.1) is 4.90 Å². The molecule has 5 nitrogen and oxygen atoms in total. The molecule has 4 aromatic rings. The van der Waals surface area contributed by atoms with Crippen molar-refractivity contribution in [2.45, 2.75) is 11.8 Å². The molecule has 4 rings (SSSR count). The molecular formula is C22H21N3O2S2. The van der Waals surface area contributed by atoms with Crippen molar-refractivity contribution in [3.8, 4) is 0 Å². The molecule has 148 valence electrons. The molecule has 0 aliphatic rings. The van der Waals surface area contributed by atoms with Crippen LogP contribution < -0.4 is 10.5 Å². The molecule has 1 heterocycles. The molecule has 7 heteroatoms. The second-order valence-corrected chi connectivity index (χ2v) is 8.83. The second kappa shape index (κ2) is 8.89. The van der Waals surface area contributed by atoms with E-state index in [9.17, 15) is 8.42 Å². The molecule has 0 saturated heterocycles. The maximum absolute atomic E-state index is 11.9. The Kier molecular flexibility index (Phi) is 6.31. The van der Waals surface area contributed by atoms with Gasteiger partial charge in [0.25, 0.3) is 10.0 Å². The molecule has 0 aliphatic heterocycles. The Morgan fingerprint density at radius 3 is 2.45 bits per heavy atom. The summed E-state index contributed by atoms with van der Waals surface area (Å²) in [5.41, 5.74) is 8.66. The van der Waals surface area contributed by atoms with Gasteiger partial charge in [-0.25, -0.2) is 13.4 Å². The van der Waals surface area contributed by atoms with Gasteiger partial charge in [-0.15, -0.1) is 11.3 Å². The molecule has 0 bridgehead atoms. The average Bonchev–Trinajstić information content (AvgIpc) is 3.21. The fourth-order valence-corrected chi connectivity index (χ4v) is 4.49. The monoisotopic (exact) mass is 423 g/mol. The van der Waals surface area contributed by atoms with Crippen molar-refractivity contribution >= 4 is 49.0 Å². The fourth-order valence-electron chi connectivity index (χ4n) is 2.71. The molecule has 3 N–H and O–H groups in total. The van der Waals surface area contributed by atoms with Crippen LogP contribution in [0.1, 0.15) is 11.1 Å². The average molecular weight is 424 g/mol. The molecule has 0 aliphatic carbocycles. The minimum atomic E-state index is -3.50. The number of nitrogens with two attached hydrogens (primary N) is 1. The third-order valence-corrected chi connectivity index (χ3v) is 6.37. The lowest BCUT2D eigenvalue weighted by molar-refractivity contribution is 0.601. The Balaban J connectivity index is 0.000000169. The number of aryl methyl sites for hydroxylation is 1. The number of nitrogen functional groups attached to an aromatic ring is 1. The van der Waals surface area contributed by atoms with Crippen molar-refractivity contribution in [1.29, 1.82) is 0 Å². The van der Waals surface area contributed by atoms with E-state index in [2.05, 4.69) is 28.4 Å². The van der Waals surface area contributed by atoms with Gasteiger partial charge >= 0.3 is 0 Å². The first kappa shape index (κ1) is 20.6. The highest BCUT2D eigenvalue weighted by atomic mass is 32.2. The first-order chi connectivity index (χ1) is 13.9. The number of rotatable bonds is 4. The van der Waals surface area contributed by atoms with Crippen LogP contribution in [0.4, 0.5) is 10.8 Å². The molecular weight excluding hydrogens is 402 g/mol. The summed E-state index contributed by atoms with van der Waals surface area (Å²) in [6.07, 6.45) is 3.36. The predicted molar refractivity (Wildman–Crippen MR) is 123 cm³/mol. The number of anilines is 2. The van der Waals surface area contributed by atoms with Gasteiger partial charge in [-0.1, -0.05) is 60.7 Å². The van der Waals surface area contributed by atoms with Gasteiger partial charge in [0, 0.05) is 22.8 Å². The molecule has 1 aromatic heterocycles.